The number of hydrogen-bond acceptors (Lipinski definition) is 6. The molecular weight excluding hydrogens is 526 g/mol. The molecule has 0 spiro atoms. The average molecular weight is 564 g/mol. The van der Waals surface area contributed by atoms with E-state index in [2.05, 4.69) is 17.6 Å². The van der Waals surface area contributed by atoms with E-state index >= 15 is 0 Å². The zero-order valence-electron chi connectivity index (χ0n) is 24.2. The van der Waals surface area contributed by atoms with Crippen molar-refractivity contribution in [3.05, 3.63) is 58.5 Å². The van der Waals surface area contributed by atoms with Crippen LogP contribution >= 0.6 is 0 Å². The van der Waals surface area contributed by atoms with E-state index in [0.29, 0.717) is 34.5 Å². The van der Waals surface area contributed by atoms with Gasteiger partial charge in [0, 0.05) is 37.0 Å². The van der Waals surface area contributed by atoms with Crippen LogP contribution in [0.15, 0.2) is 47.3 Å². The summed E-state index contributed by atoms with van der Waals surface area (Å²) in [6, 6.07) is 11.1. The fourth-order valence-electron chi connectivity index (χ4n) is 4.92. The zero-order valence-corrected chi connectivity index (χ0v) is 24.2. The number of carbonyl (C=O) groups excluding carboxylic acids is 4. The number of piperidine rings is 1. The standard InChI is InChI=1S/C30H37N5O6/c1-6-7-8-16-34(27(38)19-10-9-11-20(17-19)31-28(39)41-30(2,3)4)21-12-13-22-24(18-21)33(5)29(40)35(22)23-14-15-25(36)32-26(23)37/h9-13,17-18,23H,6-8,14-16H2,1-5H3,(H,31,39)(H,32,36,37). The Balaban J connectivity index is 1.68. The zero-order chi connectivity index (χ0) is 29.9. The summed E-state index contributed by atoms with van der Waals surface area (Å²) in [4.78, 5) is 65.2. The average Bonchev–Trinajstić information content (AvgIpc) is 3.14. The summed E-state index contributed by atoms with van der Waals surface area (Å²) in [5.41, 5.74) is 1.47. The van der Waals surface area contributed by atoms with Crippen molar-refractivity contribution in [3.63, 3.8) is 0 Å². The van der Waals surface area contributed by atoms with E-state index in [1.54, 1.807) is 75.2 Å². The molecule has 1 aliphatic heterocycles. The van der Waals surface area contributed by atoms with Crippen LogP contribution in [0.3, 0.4) is 0 Å². The number of anilines is 2. The molecule has 1 saturated heterocycles. The predicted molar refractivity (Wildman–Crippen MR) is 156 cm³/mol. The van der Waals surface area contributed by atoms with Crippen molar-refractivity contribution >= 4 is 46.2 Å². The van der Waals surface area contributed by atoms with Crippen LogP contribution < -0.4 is 21.2 Å². The molecule has 11 heteroatoms. The second-order valence-corrected chi connectivity index (χ2v) is 11.2. The minimum atomic E-state index is -0.794. The molecule has 1 unspecified atom stereocenters. The van der Waals surface area contributed by atoms with Gasteiger partial charge in [0.1, 0.15) is 11.6 Å². The highest BCUT2D eigenvalue weighted by Gasteiger charge is 2.31. The summed E-state index contributed by atoms with van der Waals surface area (Å²) in [6.07, 6.45) is 2.44. The van der Waals surface area contributed by atoms with Crippen molar-refractivity contribution in [3.8, 4) is 0 Å². The van der Waals surface area contributed by atoms with Crippen molar-refractivity contribution in [1.29, 1.82) is 0 Å². The van der Waals surface area contributed by atoms with Crippen LogP contribution in [0.25, 0.3) is 11.0 Å². The maximum atomic E-state index is 13.8. The Bertz CT molecular complexity index is 1550. The van der Waals surface area contributed by atoms with Crippen molar-refractivity contribution in [2.45, 2.75) is 71.4 Å². The molecule has 4 amide bonds. The first-order valence-electron chi connectivity index (χ1n) is 13.9. The van der Waals surface area contributed by atoms with E-state index in [1.165, 1.54) is 9.13 Å². The number of carbonyl (C=O) groups is 4. The fourth-order valence-corrected chi connectivity index (χ4v) is 4.92. The van der Waals surface area contributed by atoms with Gasteiger partial charge in [0.15, 0.2) is 0 Å². The van der Waals surface area contributed by atoms with Gasteiger partial charge in [-0.1, -0.05) is 25.8 Å². The van der Waals surface area contributed by atoms with E-state index < -0.39 is 23.6 Å². The third-order valence-electron chi connectivity index (χ3n) is 6.89. The van der Waals surface area contributed by atoms with Gasteiger partial charge in [-0.3, -0.25) is 34.2 Å². The molecule has 2 heterocycles. The number of aryl methyl sites for hydroxylation is 1. The Labute approximate surface area is 238 Å². The van der Waals surface area contributed by atoms with Crippen molar-refractivity contribution in [2.75, 3.05) is 16.8 Å². The lowest BCUT2D eigenvalue weighted by Gasteiger charge is -2.24. The quantitative estimate of drug-likeness (QED) is 0.306. The molecule has 218 valence electrons. The van der Waals surface area contributed by atoms with E-state index in [9.17, 15) is 24.0 Å². The van der Waals surface area contributed by atoms with Gasteiger partial charge in [0.25, 0.3) is 5.91 Å². The molecule has 41 heavy (non-hydrogen) atoms. The molecule has 0 saturated carbocycles. The number of nitrogens with one attached hydrogen (secondary N) is 2. The Morgan fingerprint density at radius 2 is 1.83 bits per heavy atom. The van der Waals surface area contributed by atoms with Crippen molar-refractivity contribution in [2.24, 2.45) is 7.05 Å². The summed E-state index contributed by atoms with van der Waals surface area (Å²) in [5, 5.41) is 4.99. The van der Waals surface area contributed by atoms with Gasteiger partial charge in [-0.15, -0.1) is 0 Å². The second-order valence-electron chi connectivity index (χ2n) is 11.2. The number of imide groups is 1. The van der Waals surface area contributed by atoms with Gasteiger partial charge in [0.05, 0.1) is 11.0 Å². The molecule has 0 bridgehead atoms. The summed E-state index contributed by atoms with van der Waals surface area (Å²) in [6.45, 7) is 7.84. The smallest absolute Gasteiger partial charge is 0.412 e. The Hall–Kier alpha value is -4.41. The first kappa shape index (κ1) is 29.6. The number of rotatable bonds is 8. The molecule has 1 aliphatic rings. The van der Waals surface area contributed by atoms with Crippen LogP contribution in [0.2, 0.25) is 0 Å². The minimum Gasteiger partial charge on any atom is -0.444 e. The SMILES string of the molecule is CCCCCN(C(=O)c1cccc(NC(=O)OC(C)(C)C)c1)c1ccc2c(c1)n(C)c(=O)n2C1CCC(=O)NC1=O. The number of aromatic nitrogens is 2. The number of fused-ring (bicyclic) bond motifs is 1. The van der Waals surface area contributed by atoms with Gasteiger partial charge in [0.2, 0.25) is 11.8 Å². The molecule has 2 N–H and O–H groups in total. The maximum Gasteiger partial charge on any atom is 0.412 e. The number of imidazole rings is 1. The third-order valence-corrected chi connectivity index (χ3v) is 6.89. The molecule has 4 rings (SSSR count). The number of nitrogens with zero attached hydrogens (tertiary/aromatic N) is 3. The molecule has 1 fully saturated rings. The molecule has 3 aromatic rings. The van der Waals surface area contributed by atoms with E-state index in [0.717, 1.165) is 19.3 Å². The van der Waals surface area contributed by atoms with Crippen LogP contribution in [0.5, 0.6) is 0 Å². The van der Waals surface area contributed by atoms with Crippen LogP contribution in [0.4, 0.5) is 16.2 Å². The second kappa shape index (κ2) is 12.0. The van der Waals surface area contributed by atoms with Crippen LogP contribution in [-0.2, 0) is 21.4 Å². The number of unbranched alkanes of at least 4 members (excludes halogenated alkanes) is 2. The Kier molecular flexibility index (Phi) is 8.65. The van der Waals surface area contributed by atoms with Crippen molar-refractivity contribution < 1.29 is 23.9 Å². The largest absolute Gasteiger partial charge is 0.444 e. The van der Waals surface area contributed by atoms with Gasteiger partial charge in [-0.25, -0.2) is 9.59 Å². The maximum absolute atomic E-state index is 13.8. The number of ether oxygens (including phenoxy) is 1. The summed E-state index contributed by atoms with van der Waals surface area (Å²) in [5.74, 6) is -1.12. The van der Waals surface area contributed by atoms with Crippen molar-refractivity contribution in [1.82, 2.24) is 14.5 Å². The first-order valence-corrected chi connectivity index (χ1v) is 13.9. The molecule has 0 radical (unpaired) electrons. The highest BCUT2D eigenvalue weighted by Crippen LogP contribution is 2.28. The van der Waals surface area contributed by atoms with Crippen LogP contribution in [0, 0.1) is 0 Å². The van der Waals surface area contributed by atoms with E-state index in [4.69, 9.17) is 4.74 Å². The molecule has 0 aliphatic carbocycles. The van der Waals surface area contributed by atoms with Gasteiger partial charge in [-0.2, -0.15) is 0 Å². The van der Waals surface area contributed by atoms with Gasteiger partial charge in [-0.05, 0) is 70.0 Å². The lowest BCUT2D eigenvalue weighted by molar-refractivity contribution is -0.135. The number of amides is 4. The highest BCUT2D eigenvalue weighted by atomic mass is 16.6. The summed E-state index contributed by atoms with van der Waals surface area (Å²) >= 11 is 0. The molecular formula is C30H37N5O6. The van der Waals surface area contributed by atoms with E-state index in [1.807, 2.05) is 0 Å². The topological polar surface area (TPSA) is 132 Å². The number of hydrogen-bond donors (Lipinski definition) is 2. The molecule has 1 atom stereocenters. The summed E-state index contributed by atoms with van der Waals surface area (Å²) < 4.78 is 8.19. The fraction of sp³-hybridized carbons (Fsp3) is 0.433. The monoisotopic (exact) mass is 563 g/mol. The molecule has 1 aromatic heterocycles. The lowest BCUT2D eigenvalue weighted by atomic mass is 10.1. The lowest BCUT2D eigenvalue weighted by Crippen LogP contribution is -2.44. The van der Waals surface area contributed by atoms with Gasteiger partial charge >= 0.3 is 11.8 Å². The molecule has 2 aromatic carbocycles. The highest BCUT2D eigenvalue weighted by molar-refractivity contribution is 6.07. The van der Waals surface area contributed by atoms with Gasteiger partial charge < -0.3 is 9.64 Å². The first-order chi connectivity index (χ1) is 19.4. The number of benzene rings is 2. The van der Waals surface area contributed by atoms with Crippen LogP contribution in [-0.4, -0.2) is 45.1 Å². The third kappa shape index (κ3) is 6.67. The Morgan fingerprint density at radius 1 is 1.07 bits per heavy atom. The summed E-state index contributed by atoms with van der Waals surface area (Å²) in [7, 11) is 1.62. The van der Waals surface area contributed by atoms with E-state index in [-0.39, 0.29) is 30.3 Å². The van der Waals surface area contributed by atoms with Crippen LogP contribution in [0.1, 0.15) is 76.2 Å². The molecule has 11 nitrogen and oxygen atoms in total. The predicted octanol–water partition coefficient (Wildman–Crippen LogP) is 4.50. The Morgan fingerprint density at radius 3 is 2.51 bits per heavy atom. The normalized spacial score (nSPS) is 15.5. The minimum absolute atomic E-state index is 0.152.